The van der Waals surface area contributed by atoms with Crippen LogP contribution in [0.5, 0.6) is 0 Å². The van der Waals surface area contributed by atoms with E-state index in [9.17, 15) is 14.7 Å². The molecular formula is C19H19N3O3. The van der Waals surface area contributed by atoms with Crippen LogP contribution in [0.25, 0.3) is 0 Å². The third-order valence-electron chi connectivity index (χ3n) is 3.97. The van der Waals surface area contributed by atoms with Crippen LogP contribution in [-0.4, -0.2) is 29.2 Å². The van der Waals surface area contributed by atoms with Crippen molar-refractivity contribution >= 4 is 28.9 Å². The summed E-state index contributed by atoms with van der Waals surface area (Å²) in [6, 6.07) is 16.4. The third-order valence-corrected chi connectivity index (χ3v) is 3.97. The largest absolute Gasteiger partial charge is 0.396 e. The zero-order valence-electron chi connectivity index (χ0n) is 13.8. The van der Waals surface area contributed by atoms with Gasteiger partial charge < -0.3 is 10.4 Å². The average Bonchev–Trinajstić information content (AvgIpc) is 2.62. The van der Waals surface area contributed by atoms with Crippen molar-refractivity contribution in [3.63, 3.8) is 0 Å². The molecule has 0 saturated heterocycles. The number of nitrogens with zero attached hydrogens (tertiary/aromatic N) is 2. The number of aliphatic hydroxyl groups excluding tert-OH is 1. The summed E-state index contributed by atoms with van der Waals surface area (Å²) in [5.74, 6) is -0.639. The van der Waals surface area contributed by atoms with Gasteiger partial charge in [0.1, 0.15) is 0 Å². The van der Waals surface area contributed by atoms with Gasteiger partial charge in [-0.1, -0.05) is 30.3 Å². The first kappa shape index (κ1) is 16.9. The summed E-state index contributed by atoms with van der Waals surface area (Å²) in [6.45, 7) is 1.30. The first-order chi connectivity index (χ1) is 12.1. The molecule has 0 aromatic heterocycles. The topological polar surface area (TPSA) is 82.0 Å². The van der Waals surface area contributed by atoms with E-state index in [2.05, 4.69) is 10.4 Å². The molecule has 1 heterocycles. The molecule has 2 amide bonds. The number of hydrazone groups is 1. The second-order valence-electron chi connectivity index (χ2n) is 5.87. The number of nitrogens with one attached hydrogen (secondary N) is 1. The summed E-state index contributed by atoms with van der Waals surface area (Å²) < 4.78 is 0. The molecule has 2 N–H and O–H groups in total. The Kier molecular flexibility index (Phi) is 4.90. The molecule has 1 unspecified atom stereocenters. The molecule has 6 nitrogen and oxygen atoms in total. The van der Waals surface area contributed by atoms with Crippen LogP contribution in [0.3, 0.4) is 0 Å². The van der Waals surface area contributed by atoms with E-state index in [1.807, 2.05) is 42.5 Å². The standard InChI is InChI=1S/C19H19N3O3/c1-13(24)20-16-9-7-14(8-10-16)19-15(12-23)11-18(25)22(21-19)17-5-3-2-4-6-17/h2-10,15,23H,11-12H2,1H3,(H,20,24). The normalized spacial score (nSPS) is 17.2. The molecule has 0 radical (unpaired) electrons. The van der Waals surface area contributed by atoms with Crippen LogP contribution in [0, 0.1) is 5.92 Å². The van der Waals surface area contributed by atoms with Crippen LogP contribution in [-0.2, 0) is 9.59 Å². The number of benzene rings is 2. The maximum Gasteiger partial charge on any atom is 0.248 e. The van der Waals surface area contributed by atoms with Gasteiger partial charge in [-0.25, -0.2) is 5.01 Å². The molecule has 0 aliphatic carbocycles. The minimum Gasteiger partial charge on any atom is -0.396 e. The van der Waals surface area contributed by atoms with E-state index in [0.29, 0.717) is 17.1 Å². The number of carbonyl (C=O) groups excluding carboxylic acids is 2. The van der Waals surface area contributed by atoms with Crippen molar-refractivity contribution in [1.82, 2.24) is 0 Å². The number of anilines is 2. The van der Waals surface area contributed by atoms with Crippen molar-refractivity contribution in [1.29, 1.82) is 0 Å². The molecule has 1 atom stereocenters. The molecular weight excluding hydrogens is 318 g/mol. The molecule has 128 valence electrons. The van der Waals surface area contributed by atoms with Crippen molar-refractivity contribution < 1.29 is 14.7 Å². The van der Waals surface area contributed by atoms with Gasteiger partial charge in [0.05, 0.1) is 18.0 Å². The predicted molar refractivity (Wildman–Crippen MR) is 96.4 cm³/mol. The number of hydrogen-bond acceptors (Lipinski definition) is 4. The second kappa shape index (κ2) is 7.27. The van der Waals surface area contributed by atoms with Crippen LogP contribution in [0.2, 0.25) is 0 Å². The first-order valence-electron chi connectivity index (χ1n) is 8.04. The summed E-state index contributed by atoms with van der Waals surface area (Å²) >= 11 is 0. The van der Waals surface area contributed by atoms with E-state index in [1.54, 1.807) is 12.1 Å². The highest BCUT2D eigenvalue weighted by Crippen LogP contribution is 2.26. The Morgan fingerprint density at radius 2 is 1.88 bits per heavy atom. The van der Waals surface area contributed by atoms with Crippen molar-refractivity contribution in [2.24, 2.45) is 11.0 Å². The van der Waals surface area contributed by atoms with Gasteiger partial charge in [-0.2, -0.15) is 5.10 Å². The summed E-state index contributed by atoms with van der Waals surface area (Å²) in [5.41, 5.74) is 2.84. The van der Waals surface area contributed by atoms with Gasteiger partial charge in [0.2, 0.25) is 11.8 Å². The minimum absolute atomic E-state index is 0.142. The SMILES string of the molecule is CC(=O)Nc1ccc(C2=NN(c3ccccc3)C(=O)CC2CO)cc1. The first-order valence-corrected chi connectivity index (χ1v) is 8.04. The van der Waals surface area contributed by atoms with E-state index in [1.165, 1.54) is 11.9 Å². The van der Waals surface area contributed by atoms with Gasteiger partial charge >= 0.3 is 0 Å². The van der Waals surface area contributed by atoms with E-state index >= 15 is 0 Å². The van der Waals surface area contributed by atoms with Crippen LogP contribution >= 0.6 is 0 Å². The Morgan fingerprint density at radius 1 is 1.20 bits per heavy atom. The van der Waals surface area contributed by atoms with E-state index in [0.717, 1.165) is 5.56 Å². The van der Waals surface area contributed by atoms with Crippen LogP contribution < -0.4 is 10.3 Å². The highest BCUT2D eigenvalue weighted by molar-refractivity contribution is 6.10. The van der Waals surface area contributed by atoms with Gasteiger partial charge in [0.15, 0.2) is 0 Å². The number of aliphatic hydroxyl groups is 1. The lowest BCUT2D eigenvalue weighted by molar-refractivity contribution is -0.119. The van der Waals surface area contributed by atoms with Crippen molar-refractivity contribution in [2.75, 3.05) is 16.9 Å². The molecule has 6 heteroatoms. The Hall–Kier alpha value is -2.99. The van der Waals surface area contributed by atoms with Crippen LogP contribution in [0.1, 0.15) is 18.9 Å². The molecule has 2 aromatic rings. The number of rotatable bonds is 4. The lowest BCUT2D eigenvalue weighted by atomic mass is 9.92. The average molecular weight is 337 g/mol. The highest BCUT2D eigenvalue weighted by atomic mass is 16.3. The second-order valence-corrected chi connectivity index (χ2v) is 5.87. The molecule has 0 spiro atoms. The van der Waals surface area contributed by atoms with Gasteiger partial charge in [-0.15, -0.1) is 0 Å². The van der Waals surface area contributed by atoms with Gasteiger partial charge in [-0.05, 0) is 29.8 Å². The maximum absolute atomic E-state index is 12.4. The monoisotopic (exact) mass is 337 g/mol. The van der Waals surface area contributed by atoms with Gasteiger partial charge in [0.25, 0.3) is 0 Å². The number of hydrogen-bond donors (Lipinski definition) is 2. The zero-order chi connectivity index (χ0) is 17.8. The highest BCUT2D eigenvalue weighted by Gasteiger charge is 2.30. The minimum atomic E-state index is -0.348. The lowest BCUT2D eigenvalue weighted by Gasteiger charge is -2.28. The number of para-hydroxylation sites is 1. The molecule has 0 saturated carbocycles. The molecule has 2 aromatic carbocycles. The van der Waals surface area contributed by atoms with E-state index in [-0.39, 0.29) is 30.8 Å². The number of amides is 2. The number of carbonyl (C=O) groups is 2. The smallest absolute Gasteiger partial charge is 0.248 e. The van der Waals surface area contributed by atoms with Crippen LogP contribution in [0.4, 0.5) is 11.4 Å². The Balaban J connectivity index is 1.96. The lowest BCUT2D eigenvalue weighted by Crippen LogP contribution is -2.38. The molecule has 0 fully saturated rings. The van der Waals surface area contributed by atoms with E-state index < -0.39 is 0 Å². The molecule has 1 aliphatic rings. The summed E-state index contributed by atoms with van der Waals surface area (Å²) in [5, 5.41) is 18.2. The fourth-order valence-electron chi connectivity index (χ4n) is 2.78. The summed E-state index contributed by atoms with van der Waals surface area (Å²) in [7, 11) is 0. The molecule has 3 rings (SSSR count). The molecule has 1 aliphatic heterocycles. The Morgan fingerprint density at radius 3 is 2.48 bits per heavy atom. The van der Waals surface area contributed by atoms with Gasteiger partial charge in [-0.3, -0.25) is 9.59 Å². The zero-order valence-corrected chi connectivity index (χ0v) is 13.8. The Labute approximate surface area is 145 Å². The van der Waals surface area contributed by atoms with Gasteiger partial charge in [0, 0.05) is 24.9 Å². The van der Waals surface area contributed by atoms with Crippen molar-refractivity contribution in [2.45, 2.75) is 13.3 Å². The summed E-state index contributed by atoms with van der Waals surface area (Å²) in [4.78, 5) is 23.5. The quantitative estimate of drug-likeness (QED) is 0.899. The van der Waals surface area contributed by atoms with Crippen molar-refractivity contribution in [3.05, 3.63) is 60.2 Å². The van der Waals surface area contributed by atoms with Crippen LogP contribution in [0.15, 0.2) is 59.7 Å². The Bertz CT molecular complexity index is 800. The fraction of sp³-hybridized carbons (Fsp3) is 0.211. The maximum atomic E-state index is 12.4. The van der Waals surface area contributed by atoms with Crippen molar-refractivity contribution in [3.8, 4) is 0 Å². The predicted octanol–water partition coefficient (Wildman–Crippen LogP) is 2.39. The fourth-order valence-corrected chi connectivity index (χ4v) is 2.78. The molecule has 25 heavy (non-hydrogen) atoms. The van der Waals surface area contributed by atoms with E-state index in [4.69, 9.17) is 0 Å². The third kappa shape index (κ3) is 3.75. The molecule has 0 bridgehead atoms. The summed E-state index contributed by atoms with van der Waals surface area (Å²) in [6.07, 6.45) is 0.192.